The number of primary amides is 1. The number of anilines is 1. The second kappa shape index (κ2) is 18.4. The minimum Gasteiger partial charge on any atom is -0.480 e. The first kappa shape index (κ1) is 41.6. The van der Waals surface area contributed by atoms with Crippen molar-refractivity contribution in [2.45, 2.75) is 91.0 Å². The van der Waals surface area contributed by atoms with Crippen LogP contribution < -0.4 is 27.0 Å². The van der Waals surface area contributed by atoms with Crippen molar-refractivity contribution in [3.8, 4) is 0 Å². The van der Waals surface area contributed by atoms with Crippen LogP contribution in [0.25, 0.3) is 0 Å². The van der Waals surface area contributed by atoms with E-state index in [0.29, 0.717) is 16.8 Å². The molecule has 0 aliphatic rings. The number of nitrogens with two attached hydrogens (primary N) is 1. The van der Waals surface area contributed by atoms with Crippen LogP contribution >= 0.6 is 0 Å². The number of alkyl carbamates (subject to hydrolysis) is 1. The number of carboxylic acid groups (broad SMARTS) is 1. The van der Waals surface area contributed by atoms with Gasteiger partial charge in [-0.25, -0.2) is 19.2 Å². The van der Waals surface area contributed by atoms with Crippen LogP contribution in [0.2, 0.25) is 0 Å². The molecule has 0 spiro atoms. The average molecular weight is 711 g/mol. The molecule has 0 radical (unpaired) electrons. The number of urea groups is 1. The highest BCUT2D eigenvalue weighted by Gasteiger charge is 2.42. The number of nitrogens with zero attached hydrogens (tertiary/aromatic N) is 1. The van der Waals surface area contributed by atoms with E-state index < -0.39 is 59.1 Å². The number of carboxylic acids is 1. The first-order chi connectivity index (χ1) is 23.7. The largest absolute Gasteiger partial charge is 0.480 e. The molecule has 15 nitrogen and oxygen atoms in total. The Balaban J connectivity index is 2.12. The number of hydrogen-bond donors (Lipinski definition) is 6. The molecule has 0 unspecified atom stereocenters. The highest BCUT2D eigenvalue weighted by Crippen LogP contribution is 2.30. The number of carbonyl (C=O) groups excluding carboxylic acids is 5. The van der Waals surface area contributed by atoms with E-state index in [-0.39, 0.29) is 31.7 Å². The van der Waals surface area contributed by atoms with Crippen molar-refractivity contribution in [1.82, 2.24) is 20.9 Å². The normalized spacial score (nSPS) is 12.3. The van der Waals surface area contributed by atoms with Crippen LogP contribution in [0.3, 0.4) is 0 Å². The Morgan fingerprint density at radius 2 is 1.53 bits per heavy atom. The Labute approximate surface area is 298 Å². The minimum atomic E-state index is -1.22. The Bertz CT molecular complexity index is 1580. The molecule has 0 saturated heterocycles. The summed E-state index contributed by atoms with van der Waals surface area (Å²) in [7, 11) is 1.37. The molecule has 0 aromatic heterocycles. The minimum absolute atomic E-state index is 0.0832. The molecule has 0 fully saturated rings. The van der Waals surface area contributed by atoms with Gasteiger partial charge in [0.15, 0.2) is 0 Å². The van der Waals surface area contributed by atoms with Crippen molar-refractivity contribution < 1.29 is 43.3 Å². The van der Waals surface area contributed by atoms with E-state index in [4.69, 9.17) is 15.2 Å². The Morgan fingerprint density at radius 3 is 2.06 bits per heavy atom. The van der Waals surface area contributed by atoms with Gasteiger partial charge in [-0.15, -0.1) is 0 Å². The van der Waals surface area contributed by atoms with E-state index in [0.717, 1.165) is 10.5 Å². The molecule has 6 amide bonds. The molecule has 15 heteroatoms. The number of amides is 6. The molecular weight excluding hydrogens is 660 g/mol. The van der Waals surface area contributed by atoms with Gasteiger partial charge in [0.2, 0.25) is 5.91 Å². The number of aliphatic carboxylic acids is 1. The molecule has 2 aromatic rings. The lowest BCUT2D eigenvalue weighted by atomic mass is 9.77. The zero-order chi connectivity index (χ0) is 38.5. The lowest BCUT2D eigenvalue weighted by Gasteiger charge is -2.37. The van der Waals surface area contributed by atoms with Crippen LogP contribution in [-0.4, -0.2) is 77.3 Å². The number of carbonyl (C=O) groups is 6. The van der Waals surface area contributed by atoms with Gasteiger partial charge in [0.25, 0.3) is 5.91 Å². The van der Waals surface area contributed by atoms with Gasteiger partial charge in [-0.2, -0.15) is 0 Å². The van der Waals surface area contributed by atoms with Crippen molar-refractivity contribution >= 4 is 41.7 Å². The maximum Gasteiger partial charge on any atom is 0.412 e. The summed E-state index contributed by atoms with van der Waals surface area (Å²) in [6.45, 7) is 11.7. The van der Waals surface area contributed by atoms with Gasteiger partial charge in [-0.1, -0.05) is 56.3 Å². The highest BCUT2D eigenvalue weighted by molar-refractivity contribution is 6.02. The Kier molecular flexibility index (Phi) is 15.0. The maximum absolute atomic E-state index is 13.4. The number of allylic oxidation sites excluding steroid dienone is 1. The molecule has 278 valence electrons. The zero-order valence-electron chi connectivity index (χ0n) is 30.4. The second-order valence-electron chi connectivity index (χ2n) is 13.6. The number of likely N-dealkylation sites (N-methyl/N-ethyl adjacent to an activating group) is 1. The topological polar surface area (TPSA) is 218 Å². The van der Waals surface area contributed by atoms with Crippen LogP contribution in [0.15, 0.2) is 65.9 Å². The van der Waals surface area contributed by atoms with Gasteiger partial charge < -0.3 is 36.3 Å². The van der Waals surface area contributed by atoms with Crippen LogP contribution in [-0.2, 0) is 35.9 Å². The van der Waals surface area contributed by atoms with Crippen molar-refractivity contribution in [2.75, 3.05) is 18.9 Å². The molecule has 0 bridgehead atoms. The molecule has 0 aliphatic carbocycles. The van der Waals surface area contributed by atoms with Crippen LogP contribution in [0.4, 0.5) is 20.1 Å². The third-order valence-corrected chi connectivity index (χ3v) is 7.64. The third kappa shape index (κ3) is 13.3. The summed E-state index contributed by atoms with van der Waals surface area (Å²) in [6, 6.07) is 12.4. The highest BCUT2D eigenvalue weighted by atomic mass is 16.6. The van der Waals surface area contributed by atoms with Crippen molar-refractivity contribution in [2.24, 2.45) is 5.73 Å². The fourth-order valence-electron chi connectivity index (χ4n) is 5.08. The number of nitrogens with one attached hydrogen (secondary N) is 4. The number of ether oxygens (including phenoxy) is 2. The fraction of sp³-hybridized carbons (Fsp3) is 0.444. The van der Waals surface area contributed by atoms with Gasteiger partial charge in [0.05, 0.1) is 0 Å². The predicted octanol–water partition coefficient (Wildman–Crippen LogP) is 4.38. The fourth-order valence-corrected chi connectivity index (χ4v) is 5.08. The van der Waals surface area contributed by atoms with Gasteiger partial charge in [-0.3, -0.25) is 19.8 Å². The van der Waals surface area contributed by atoms with Crippen molar-refractivity contribution in [3.63, 3.8) is 0 Å². The molecule has 2 aromatic carbocycles. The molecule has 7 N–H and O–H groups in total. The summed E-state index contributed by atoms with van der Waals surface area (Å²) in [5, 5.41) is 20.3. The van der Waals surface area contributed by atoms with Crippen LogP contribution in [0.1, 0.15) is 72.4 Å². The molecule has 2 atom stereocenters. The second-order valence-corrected chi connectivity index (χ2v) is 13.6. The summed E-state index contributed by atoms with van der Waals surface area (Å²) in [5.74, 6) is -2.48. The van der Waals surface area contributed by atoms with E-state index >= 15 is 0 Å². The van der Waals surface area contributed by atoms with E-state index in [1.54, 1.807) is 97.0 Å². The predicted molar refractivity (Wildman–Crippen MR) is 190 cm³/mol. The summed E-state index contributed by atoms with van der Waals surface area (Å²) in [5.41, 5.74) is 5.45. The molecular formula is C36H50N6O9. The van der Waals surface area contributed by atoms with Crippen LogP contribution in [0.5, 0.6) is 0 Å². The smallest absolute Gasteiger partial charge is 0.412 e. The molecule has 0 saturated carbocycles. The first-order valence-corrected chi connectivity index (χ1v) is 16.3. The number of hydrogen-bond acceptors (Lipinski definition) is 8. The Hall–Kier alpha value is -5.60. The lowest BCUT2D eigenvalue weighted by molar-refractivity contribution is -0.144. The van der Waals surface area contributed by atoms with E-state index in [1.807, 2.05) is 6.07 Å². The summed E-state index contributed by atoms with van der Waals surface area (Å²) >= 11 is 0. The third-order valence-electron chi connectivity index (χ3n) is 7.64. The summed E-state index contributed by atoms with van der Waals surface area (Å²) in [4.78, 5) is 76.4. The van der Waals surface area contributed by atoms with Crippen LogP contribution in [0, 0.1) is 0 Å². The Morgan fingerprint density at radius 1 is 0.922 bits per heavy atom. The van der Waals surface area contributed by atoms with E-state index in [1.165, 1.54) is 7.05 Å². The maximum atomic E-state index is 13.4. The summed E-state index contributed by atoms with van der Waals surface area (Å²) < 4.78 is 10.7. The van der Waals surface area contributed by atoms with Crippen molar-refractivity contribution in [3.05, 3.63) is 77.0 Å². The zero-order valence-corrected chi connectivity index (χ0v) is 30.4. The SMILES string of the molecule is CC(C)=C(NC(=O)OC(C)(C)C)C(=O)N[C@@H](CCCNC(N)=O)C(=O)Nc1ccc(COC(=O)N(C)[C@H](C(=O)O)C(C)(C)c2ccccc2)cc1. The molecule has 0 aliphatic heterocycles. The monoisotopic (exact) mass is 710 g/mol. The van der Waals surface area contributed by atoms with Crippen molar-refractivity contribution in [1.29, 1.82) is 0 Å². The van der Waals surface area contributed by atoms with Gasteiger partial charge in [0.1, 0.15) is 30.0 Å². The molecule has 51 heavy (non-hydrogen) atoms. The first-order valence-electron chi connectivity index (χ1n) is 16.3. The van der Waals surface area contributed by atoms with E-state index in [2.05, 4.69) is 21.3 Å². The summed E-state index contributed by atoms with van der Waals surface area (Å²) in [6.07, 6.45) is -1.27. The quantitative estimate of drug-likeness (QED) is 0.114. The molecule has 0 heterocycles. The molecule has 2 rings (SSSR count). The van der Waals surface area contributed by atoms with Gasteiger partial charge in [0, 0.05) is 24.7 Å². The van der Waals surface area contributed by atoms with E-state index in [9.17, 15) is 33.9 Å². The lowest BCUT2D eigenvalue weighted by Crippen LogP contribution is -2.53. The average Bonchev–Trinajstić information content (AvgIpc) is 3.03. The van der Waals surface area contributed by atoms with Gasteiger partial charge in [-0.05, 0) is 76.3 Å². The standard InChI is InChI=1S/C36H50N6O9/c1-22(2)27(41-33(48)51-35(3,4)5)30(44)40-26(15-12-20-38-32(37)47)29(43)39-25-18-16-23(17-19-25)21-50-34(49)42(8)28(31(45)46)36(6,7)24-13-10-9-11-14-24/h9-11,13-14,16-19,26,28H,12,15,20-21H2,1-8H3,(H,39,43)(H,40,44)(H,41,48)(H,45,46)(H3,37,38,47)/t26-,28+/m0/s1. The van der Waals surface area contributed by atoms with Gasteiger partial charge >= 0.3 is 24.2 Å². The number of rotatable bonds is 15. The number of benzene rings is 2.